The standard InChI is InChI=1S/C12H17Cl2N/c1-4-11(15-3)8(2)9-6-5-7-10(13)12(9)14/h5-8,11,15H,4H2,1-3H3. The van der Waals surface area contributed by atoms with Crippen LogP contribution < -0.4 is 5.32 Å². The van der Waals surface area contributed by atoms with Gasteiger partial charge in [-0.3, -0.25) is 0 Å². The Balaban J connectivity index is 2.99. The van der Waals surface area contributed by atoms with Gasteiger partial charge in [-0.15, -0.1) is 0 Å². The second-order valence-corrected chi connectivity index (χ2v) is 4.52. The van der Waals surface area contributed by atoms with E-state index in [0.717, 1.165) is 12.0 Å². The maximum atomic E-state index is 6.19. The molecule has 84 valence electrons. The lowest BCUT2D eigenvalue weighted by Gasteiger charge is -2.23. The van der Waals surface area contributed by atoms with Crippen molar-refractivity contribution < 1.29 is 0 Å². The van der Waals surface area contributed by atoms with Crippen LogP contribution in [0.1, 0.15) is 31.7 Å². The molecule has 0 amide bonds. The van der Waals surface area contributed by atoms with Crippen LogP contribution in [0.15, 0.2) is 18.2 Å². The highest BCUT2D eigenvalue weighted by molar-refractivity contribution is 6.42. The minimum Gasteiger partial charge on any atom is -0.316 e. The van der Waals surface area contributed by atoms with Crippen LogP contribution in [0.5, 0.6) is 0 Å². The topological polar surface area (TPSA) is 12.0 Å². The molecule has 1 aromatic carbocycles. The third kappa shape index (κ3) is 2.87. The molecule has 0 aromatic heterocycles. The lowest BCUT2D eigenvalue weighted by Crippen LogP contribution is -2.30. The highest BCUT2D eigenvalue weighted by Gasteiger charge is 2.18. The van der Waals surface area contributed by atoms with Gasteiger partial charge in [-0.25, -0.2) is 0 Å². The lowest BCUT2D eigenvalue weighted by atomic mass is 9.92. The van der Waals surface area contributed by atoms with Crippen molar-refractivity contribution in [2.75, 3.05) is 7.05 Å². The fourth-order valence-electron chi connectivity index (χ4n) is 1.90. The molecule has 1 rings (SSSR count). The average Bonchev–Trinajstić information content (AvgIpc) is 2.23. The van der Waals surface area contributed by atoms with Crippen LogP contribution in [0.4, 0.5) is 0 Å². The zero-order chi connectivity index (χ0) is 11.4. The first kappa shape index (κ1) is 12.8. The van der Waals surface area contributed by atoms with Gasteiger partial charge in [-0.1, -0.05) is 49.2 Å². The van der Waals surface area contributed by atoms with Crippen molar-refractivity contribution in [2.45, 2.75) is 32.2 Å². The molecule has 0 heterocycles. The molecule has 0 radical (unpaired) electrons. The summed E-state index contributed by atoms with van der Waals surface area (Å²) in [7, 11) is 1.98. The highest BCUT2D eigenvalue weighted by Crippen LogP contribution is 2.32. The van der Waals surface area contributed by atoms with Crippen molar-refractivity contribution >= 4 is 23.2 Å². The normalized spacial score (nSPS) is 15.0. The Morgan fingerprint density at radius 1 is 1.33 bits per heavy atom. The number of hydrogen-bond acceptors (Lipinski definition) is 1. The average molecular weight is 246 g/mol. The van der Waals surface area contributed by atoms with Crippen LogP contribution >= 0.6 is 23.2 Å². The molecule has 0 aliphatic heterocycles. The Morgan fingerprint density at radius 3 is 2.53 bits per heavy atom. The molecule has 0 spiro atoms. The molecule has 1 aromatic rings. The lowest BCUT2D eigenvalue weighted by molar-refractivity contribution is 0.473. The number of rotatable bonds is 4. The summed E-state index contributed by atoms with van der Waals surface area (Å²) in [6, 6.07) is 6.24. The zero-order valence-electron chi connectivity index (χ0n) is 9.35. The quantitative estimate of drug-likeness (QED) is 0.843. The van der Waals surface area contributed by atoms with Crippen LogP contribution in [0.25, 0.3) is 0 Å². The molecule has 1 N–H and O–H groups in total. The summed E-state index contributed by atoms with van der Waals surface area (Å²) < 4.78 is 0. The van der Waals surface area contributed by atoms with Gasteiger partial charge >= 0.3 is 0 Å². The van der Waals surface area contributed by atoms with Crippen LogP contribution in [0.3, 0.4) is 0 Å². The Labute approximate surface area is 102 Å². The van der Waals surface area contributed by atoms with E-state index in [2.05, 4.69) is 19.2 Å². The number of halogens is 2. The summed E-state index contributed by atoms with van der Waals surface area (Å²) in [5, 5.41) is 4.61. The predicted molar refractivity (Wildman–Crippen MR) is 68.0 cm³/mol. The number of likely N-dealkylation sites (N-methyl/N-ethyl adjacent to an activating group) is 1. The minimum absolute atomic E-state index is 0.367. The molecular weight excluding hydrogens is 229 g/mol. The van der Waals surface area contributed by atoms with Crippen LogP contribution in [-0.4, -0.2) is 13.1 Å². The van der Waals surface area contributed by atoms with Gasteiger partial charge in [-0.05, 0) is 31.0 Å². The number of hydrogen-bond donors (Lipinski definition) is 1. The second kappa shape index (κ2) is 5.74. The van der Waals surface area contributed by atoms with Gasteiger partial charge in [0.15, 0.2) is 0 Å². The smallest absolute Gasteiger partial charge is 0.0627 e. The van der Waals surface area contributed by atoms with Crippen LogP contribution in [0.2, 0.25) is 10.0 Å². The second-order valence-electron chi connectivity index (χ2n) is 3.74. The summed E-state index contributed by atoms with van der Waals surface area (Å²) in [5.41, 5.74) is 1.12. The molecule has 0 saturated heterocycles. The van der Waals surface area contributed by atoms with E-state index in [-0.39, 0.29) is 0 Å². The van der Waals surface area contributed by atoms with E-state index < -0.39 is 0 Å². The Hall–Kier alpha value is -0.240. The van der Waals surface area contributed by atoms with Gasteiger partial charge < -0.3 is 5.32 Å². The molecule has 15 heavy (non-hydrogen) atoms. The fraction of sp³-hybridized carbons (Fsp3) is 0.500. The summed E-state index contributed by atoms with van der Waals surface area (Å²) in [6.07, 6.45) is 1.07. The Bertz CT molecular complexity index is 321. The predicted octanol–water partition coefficient (Wildman–Crippen LogP) is 4.09. The van der Waals surface area contributed by atoms with E-state index >= 15 is 0 Å². The maximum Gasteiger partial charge on any atom is 0.0627 e. The summed E-state index contributed by atoms with van der Waals surface area (Å²) >= 11 is 12.2. The molecular formula is C12H17Cl2N. The molecule has 2 unspecified atom stereocenters. The molecule has 0 fully saturated rings. The summed E-state index contributed by atoms with van der Waals surface area (Å²) in [5.74, 6) is 0.367. The van der Waals surface area contributed by atoms with Crippen molar-refractivity contribution in [1.29, 1.82) is 0 Å². The first-order valence-electron chi connectivity index (χ1n) is 5.23. The van der Waals surface area contributed by atoms with Crippen molar-refractivity contribution in [3.8, 4) is 0 Å². The molecule has 0 aliphatic rings. The van der Waals surface area contributed by atoms with E-state index in [1.165, 1.54) is 0 Å². The third-order valence-corrected chi connectivity index (χ3v) is 3.72. The van der Waals surface area contributed by atoms with Crippen LogP contribution in [0, 0.1) is 0 Å². The summed E-state index contributed by atoms with van der Waals surface area (Å²) in [6.45, 7) is 4.33. The fourth-order valence-corrected chi connectivity index (χ4v) is 2.38. The van der Waals surface area contributed by atoms with E-state index in [0.29, 0.717) is 22.0 Å². The van der Waals surface area contributed by atoms with Gasteiger partial charge in [0.2, 0.25) is 0 Å². The van der Waals surface area contributed by atoms with Crippen molar-refractivity contribution in [3.05, 3.63) is 33.8 Å². The molecule has 0 aliphatic carbocycles. The maximum absolute atomic E-state index is 6.19. The van der Waals surface area contributed by atoms with Gasteiger partial charge in [-0.2, -0.15) is 0 Å². The van der Waals surface area contributed by atoms with Crippen molar-refractivity contribution in [3.63, 3.8) is 0 Å². The third-order valence-electron chi connectivity index (χ3n) is 2.89. The monoisotopic (exact) mass is 245 g/mol. The van der Waals surface area contributed by atoms with Gasteiger partial charge in [0.1, 0.15) is 0 Å². The van der Waals surface area contributed by atoms with E-state index in [9.17, 15) is 0 Å². The van der Waals surface area contributed by atoms with Gasteiger partial charge in [0, 0.05) is 6.04 Å². The van der Waals surface area contributed by atoms with Crippen LogP contribution in [-0.2, 0) is 0 Å². The molecule has 0 bridgehead atoms. The first-order valence-corrected chi connectivity index (χ1v) is 5.98. The SMILES string of the molecule is CCC(NC)C(C)c1cccc(Cl)c1Cl. The zero-order valence-corrected chi connectivity index (χ0v) is 10.9. The summed E-state index contributed by atoms with van der Waals surface area (Å²) in [4.78, 5) is 0. The van der Waals surface area contributed by atoms with Gasteiger partial charge in [0.25, 0.3) is 0 Å². The first-order chi connectivity index (χ1) is 7.11. The molecule has 2 atom stereocenters. The molecule has 1 nitrogen and oxygen atoms in total. The Morgan fingerprint density at radius 2 is 2.00 bits per heavy atom. The van der Waals surface area contributed by atoms with E-state index in [1.54, 1.807) is 0 Å². The van der Waals surface area contributed by atoms with E-state index in [4.69, 9.17) is 23.2 Å². The largest absolute Gasteiger partial charge is 0.316 e. The number of benzene rings is 1. The van der Waals surface area contributed by atoms with Gasteiger partial charge in [0.05, 0.1) is 10.0 Å². The molecule has 0 saturated carbocycles. The minimum atomic E-state index is 0.367. The molecule has 3 heteroatoms. The number of nitrogens with one attached hydrogen (secondary N) is 1. The van der Waals surface area contributed by atoms with Crippen molar-refractivity contribution in [2.24, 2.45) is 0 Å². The highest BCUT2D eigenvalue weighted by atomic mass is 35.5. The Kier molecular flexibility index (Phi) is 4.91. The van der Waals surface area contributed by atoms with E-state index in [1.807, 2.05) is 25.2 Å². The van der Waals surface area contributed by atoms with Crippen molar-refractivity contribution in [1.82, 2.24) is 5.32 Å².